The van der Waals surface area contributed by atoms with Crippen LogP contribution >= 0.6 is 0 Å². The van der Waals surface area contributed by atoms with Crippen LogP contribution < -0.4 is 9.47 Å². The van der Waals surface area contributed by atoms with Gasteiger partial charge in [0.25, 0.3) is 0 Å². The summed E-state index contributed by atoms with van der Waals surface area (Å²) in [6, 6.07) is 21.1. The van der Waals surface area contributed by atoms with Gasteiger partial charge in [-0.15, -0.1) is 0 Å². The predicted molar refractivity (Wildman–Crippen MR) is 131 cm³/mol. The molecule has 168 valence electrons. The molecule has 0 atom stereocenters. The molecule has 0 aliphatic rings. The van der Waals surface area contributed by atoms with Gasteiger partial charge in [0.1, 0.15) is 11.5 Å². The average Bonchev–Trinajstić information content (AvgIpc) is 2.73. The fourth-order valence-corrected chi connectivity index (χ4v) is 4.64. The third-order valence-corrected chi connectivity index (χ3v) is 6.55. The molecule has 32 heavy (non-hydrogen) atoms. The molecule has 0 aliphatic heterocycles. The number of hydrogen-bond donors (Lipinski definition) is 0. The molecule has 0 fully saturated rings. The van der Waals surface area contributed by atoms with Crippen LogP contribution in [0.15, 0.2) is 60.7 Å². The Hall–Kier alpha value is -3.07. The number of carbonyl (C=O) groups excluding carboxylic acids is 1. The third-order valence-electron chi connectivity index (χ3n) is 6.55. The van der Waals surface area contributed by atoms with Crippen molar-refractivity contribution in [1.82, 2.24) is 0 Å². The number of rotatable bonds is 6. The molecule has 0 bridgehead atoms. The highest BCUT2D eigenvalue weighted by Crippen LogP contribution is 2.39. The van der Waals surface area contributed by atoms with E-state index in [1.807, 2.05) is 18.2 Å². The van der Waals surface area contributed by atoms with Crippen molar-refractivity contribution in [3.05, 3.63) is 94.0 Å². The number of aryl methyl sites for hydroxylation is 2. The number of esters is 1. The normalized spacial score (nSPS) is 11.9. The first-order chi connectivity index (χ1) is 15.0. The van der Waals surface area contributed by atoms with Crippen molar-refractivity contribution in [2.45, 2.75) is 59.3 Å². The highest BCUT2D eigenvalue weighted by atomic mass is 16.5. The van der Waals surface area contributed by atoms with E-state index in [0.717, 1.165) is 11.3 Å². The number of benzene rings is 3. The Morgan fingerprint density at radius 2 is 1.19 bits per heavy atom. The van der Waals surface area contributed by atoms with Gasteiger partial charge in [-0.2, -0.15) is 0 Å². The molecule has 0 saturated carbocycles. The van der Waals surface area contributed by atoms with Gasteiger partial charge >= 0.3 is 5.97 Å². The predicted octanol–water partition coefficient (Wildman–Crippen LogP) is 6.89. The molecule has 0 radical (unpaired) electrons. The van der Waals surface area contributed by atoms with E-state index >= 15 is 0 Å². The molecule has 0 saturated heterocycles. The minimum Gasteiger partial charge on any atom is -0.497 e. The van der Waals surface area contributed by atoms with Crippen LogP contribution in [0, 0.1) is 13.8 Å². The van der Waals surface area contributed by atoms with Crippen molar-refractivity contribution in [3.63, 3.8) is 0 Å². The molecule has 0 amide bonds. The van der Waals surface area contributed by atoms with Gasteiger partial charge < -0.3 is 9.47 Å². The fourth-order valence-electron chi connectivity index (χ4n) is 4.64. The van der Waals surface area contributed by atoms with Crippen LogP contribution in [-0.2, 0) is 15.6 Å². The molecule has 0 unspecified atom stereocenters. The Morgan fingerprint density at radius 1 is 0.719 bits per heavy atom. The summed E-state index contributed by atoms with van der Waals surface area (Å²) >= 11 is 0. The van der Waals surface area contributed by atoms with E-state index in [1.165, 1.54) is 34.7 Å². The van der Waals surface area contributed by atoms with E-state index in [4.69, 9.17) is 9.47 Å². The van der Waals surface area contributed by atoms with Gasteiger partial charge in [-0.05, 0) is 71.5 Å². The highest BCUT2D eigenvalue weighted by Gasteiger charge is 2.29. The molecular weight excluding hydrogens is 396 g/mol. The van der Waals surface area contributed by atoms with Crippen molar-refractivity contribution < 1.29 is 14.3 Å². The maximum absolute atomic E-state index is 11.3. The number of hydrogen-bond acceptors (Lipinski definition) is 3. The summed E-state index contributed by atoms with van der Waals surface area (Å²) < 4.78 is 10.7. The van der Waals surface area contributed by atoms with Gasteiger partial charge in [0.15, 0.2) is 0 Å². The van der Waals surface area contributed by atoms with Gasteiger partial charge in [-0.25, -0.2) is 0 Å². The largest absolute Gasteiger partial charge is 0.497 e. The minimum atomic E-state index is -0.305. The van der Waals surface area contributed by atoms with Crippen molar-refractivity contribution in [3.8, 4) is 11.5 Å². The van der Waals surface area contributed by atoms with E-state index in [0.29, 0.717) is 5.75 Å². The highest BCUT2D eigenvalue weighted by molar-refractivity contribution is 5.69. The molecular formula is C29H34O3. The van der Waals surface area contributed by atoms with Crippen LogP contribution in [0.1, 0.15) is 68.0 Å². The zero-order valence-corrected chi connectivity index (χ0v) is 20.5. The lowest BCUT2D eigenvalue weighted by atomic mass is 9.72. The Kier molecular flexibility index (Phi) is 6.50. The van der Waals surface area contributed by atoms with Crippen molar-refractivity contribution >= 4 is 5.97 Å². The first-order valence-electron chi connectivity index (χ1n) is 11.0. The van der Waals surface area contributed by atoms with Crippen LogP contribution in [0.2, 0.25) is 0 Å². The molecule has 3 aromatic carbocycles. The molecule has 3 heteroatoms. The van der Waals surface area contributed by atoms with Crippen LogP contribution in [0.4, 0.5) is 0 Å². The van der Waals surface area contributed by atoms with Crippen LogP contribution in [0.3, 0.4) is 0 Å². The molecule has 3 nitrogen and oxygen atoms in total. The summed E-state index contributed by atoms with van der Waals surface area (Å²) in [7, 11) is 1.70. The van der Waals surface area contributed by atoms with Crippen LogP contribution in [0.25, 0.3) is 0 Å². The number of methoxy groups -OCH3 is 1. The second-order valence-electron chi connectivity index (χ2n) is 9.58. The number of carbonyl (C=O) groups is 1. The lowest BCUT2D eigenvalue weighted by Crippen LogP contribution is -2.24. The van der Waals surface area contributed by atoms with Crippen LogP contribution in [0.5, 0.6) is 11.5 Å². The lowest BCUT2D eigenvalue weighted by Gasteiger charge is -2.32. The first kappa shape index (κ1) is 23.6. The second-order valence-corrected chi connectivity index (χ2v) is 9.58. The Bertz CT molecular complexity index is 1140. The van der Waals surface area contributed by atoms with E-state index in [9.17, 15) is 4.79 Å². The van der Waals surface area contributed by atoms with E-state index in [1.54, 1.807) is 7.11 Å². The summed E-state index contributed by atoms with van der Waals surface area (Å²) in [6.07, 6.45) is 0. The first-order valence-corrected chi connectivity index (χ1v) is 11.0. The number of ether oxygens (including phenoxy) is 2. The Labute approximate surface area is 192 Å². The SMILES string of the molecule is COc1ccc(C(C)(C)c2cccc(C(C)(C)c3ccc(OC(C)=O)cc3C)c2)c(C)c1. The molecule has 0 spiro atoms. The summed E-state index contributed by atoms with van der Waals surface area (Å²) in [4.78, 5) is 11.3. The molecule has 3 rings (SSSR count). The summed E-state index contributed by atoms with van der Waals surface area (Å²) in [5, 5.41) is 0. The van der Waals surface area contributed by atoms with Gasteiger partial charge in [-0.3, -0.25) is 4.79 Å². The standard InChI is InChI=1S/C29H34O3/c1-19-16-24(31-8)12-14-26(19)28(4,5)22-10-9-11-23(18-22)29(6,7)27-15-13-25(17-20(27)2)32-21(3)30/h9-18H,1-8H3. The van der Waals surface area contributed by atoms with Gasteiger partial charge in [0.05, 0.1) is 7.11 Å². The molecule has 0 heterocycles. The Balaban J connectivity index is 2.02. The molecule has 0 aromatic heterocycles. The molecule has 0 aliphatic carbocycles. The monoisotopic (exact) mass is 430 g/mol. The van der Waals surface area contributed by atoms with Gasteiger partial charge in [-0.1, -0.05) is 64.1 Å². The maximum Gasteiger partial charge on any atom is 0.308 e. The van der Waals surface area contributed by atoms with Crippen LogP contribution in [-0.4, -0.2) is 13.1 Å². The van der Waals surface area contributed by atoms with E-state index < -0.39 is 0 Å². The van der Waals surface area contributed by atoms with Gasteiger partial charge in [0, 0.05) is 17.8 Å². The summed E-state index contributed by atoms with van der Waals surface area (Å²) in [5.74, 6) is 1.16. The van der Waals surface area contributed by atoms with Gasteiger partial charge in [0.2, 0.25) is 0 Å². The summed E-state index contributed by atoms with van der Waals surface area (Å²) in [5.41, 5.74) is 6.97. The smallest absolute Gasteiger partial charge is 0.308 e. The van der Waals surface area contributed by atoms with Crippen molar-refractivity contribution in [2.24, 2.45) is 0 Å². The Morgan fingerprint density at radius 3 is 1.62 bits per heavy atom. The van der Waals surface area contributed by atoms with Crippen molar-refractivity contribution in [2.75, 3.05) is 7.11 Å². The quantitative estimate of drug-likeness (QED) is 0.315. The van der Waals surface area contributed by atoms with E-state index in [2.05, 4.69) is 84.0 Å². The fraction of sp³-hybridized carbons (Fsp3) is 0.345. The maximum atomic E-state index is 11.3. The lowest BCUT2D eigenvalue weighted by molar-refractivity contribution is -0.131. The average molecular weight is 431 g/mol. The third kappa shape index (κ3) is 4.57. The van der Waals surface area contributed by atoms with Crippen molar-refractivity contribution in [1.29, 1.82) is 0 Å². The van der Waals surface area contributed by atoms with E-state index in [-0.39, 0.29) is 16.8 Å². The topological polar surface area (TPSA) is 35.5 Å². The molecule has 3 aromatic rings. The molecule has 0 N–H and O–H groups in total. The second kappa shape index (κ2) is 8.82. The zero-order valence-electron chi connectivity index (χ0n) is 20.5. The minimum absolute atomic E-state index is 0.156. The summed E-state index contributed by atoms with van der Waals surface area (Å²) in [6.45, 7) is 14.7. The zero-order chi connectivity index (χ0) is 23.7.